The fraction of sp³-hybridized carbons (Fsp3) is 0.348. The number of halogens is 1. The van der Waals surface area contributed by atoms with Crippen molar-refractivity contribution in [2.24, 2.45) is 16.9 Å². The Bertz CT molecular complexity index is 1150. The van der Waals surface area contributed by atoms with Gasteiger partial charge in [-0.25, -0.2) is 5.01 Å². The SMILES string of the molecule is CCn1cc(Cl)c(C(=O)N2N=C3/C(=C/c4cccs4)C[C@@H](C)C[C@@H]3[C@H]2c2cccs2)n1. The summed E-state index contributed by atoms with van der Waals surface area (Å²) in [7, 11) is 0. The molecule has 1 aliphatic heterocycles. The van der Waals surface area contributed by atoms with E-state index in [1.165, 1.54) is 10.5 Å². The van der Waals surface area contributed by atoms with E-state index in [0.29, 0.717) is 17.5 Å². The standard InChI is InChI=1S/C23H23ClN4OS2/c1-3-27-13-18(24)21(25-27)23(29)28-22(19-7-5-9-31-19)17-11-14(2)10-15(20(17)26-28)12-16-6-4-8-30-16/h4-9,12-14,17,22H,3,10-11H2,1-2H3/b15-12+/t14-,17+,22+/m1/s1. The van der Waals surface area contributed by atoms with E-state index in [2.05, 4.69) is 47.1 Å². The minimum absolute atomic E-state index is 0.125. The number of hydrogen-bond donors (Lipinski definition) is 0. The van der Waals surface area contributed by atoms with Crippen molar-refractivity contribution < 1.29 is 4.79 Å². The lowest BCUT2D eigenvalue weighted by Gasteiger charge is -2.31. The van der Waals surface area contributed by atoms with Crippen LogP contribution in [0.15, 0.2) is 51.9 Å². The third kappa shape index (κ3) is 3.79. The summed E-state index contributed by atoms with van der Waals surface area (Å²) in [6.07, 6.45) is 5.92. The van der Waals surface area contributed by atoms with E-state index in [1.807, 2.05) is 13.0 Å². The Kier molecular flexibility index (Phi) is 5.58. The second-order valence-electron chi connectivity index (χ2n) is 8.11. The first-order valence-corrected chi connectivity index (χ1v) is 12.6. The van der Waals surface area contributed by atoms with Crippen LogP contribution in [0.25, 0.3) is 6.08 Å². The molecule has 4 heterocycles. The van der Waals surface area contributed by atoms with Crippen LogP contribution in [0.3, 0.4) is 0 Å². The van der Waals surface area contributed by atoms with E-state index in [0.717, 1.165) is 23.4 Å². The molecule has 0 unspecified atom stereocenters. The van der Waals surface area contributed by atoms with Crippen molar-refractivity contribution in [1.82, 2.24) is 14.8 Å². The molecule has 8 heteroatoms. The molecular weight excluding hydrogens is 448 g/mol. The van der Waals surface area contributed by atoms with Crippen LogP contribution in [0, 0.1) is 11.8 Å². The second kappa shape index (κ2) is 8.37. The third-order valence-electron chi connectivity index (χ3n) is 5.91. The van der Waals surface area contributed by atoms with Crippen LogP contribution in [0.5, 0.6) is 0 Å². The zero-order valence-corrected chi connectivity index (χ0v) is 19.8. The topological polar surface area (TPSA) is 50.5 Å². The van der Waals surface area contributed by atoms with Crippen molar-refractivity contribution in [3.8, 4) is 0 Å². The van der Waals surface area contributed by atoms with E-state index in [1.54, 1.807) is 38.6 Å². The van der Waals surface area contributed by atoms with Crippen LogP contribution in [-0.2, 0) is 6.54 Å². The van der Waals surface area contributed by atoms with Gasteiger partial charge < -0.3 is 0 Å². The van der Waals surface area contributed by atoms with Gasteiger partial charge in [0.1, 0.15) is 0 Å². The minimum Gasteiger partial charge on any atom is -0.271 e. The number of carbonyl (C=O) groups excluding carboxylic acids is 1. The molecule has 1 amide bonds. The van der Waals surface area contributed by atoms with Crippen molar-refractivity contribution in [3.05, 3.63) is 67.3 Å². The number of rotatable bonds is 4. The highest BCUT2D eigenvalue weighted by Crippen LogP contribution is 2.47. The van der Waals surface area contributed by atoms with Crippen molar-refractivity contribution in [2.75, 3.05) is 0 Å². The first-order valence-electron chi connectivity index (χ1n) is 10.5. The number of aromatic nitrogens is 2. The Balaban J connectivity index is 1.59. The van der Waals surface area contributed by atoms with Gasteiger partial charge in [-0.2, -0.15) is 10.2 Å². The average Bonchev–Trinajstić information content (AvgIpc) is 3.53. The van der Waals surface area contributed by atoms with Gasteiger partial charge in [-0.1, -0.05) is 30.7 Å². The number of hydrogen-bond acceptors (Lipinski definition) is 5. The maximum atomic E-state index is 13.6. The molecule has 3 atom stereocenters. The molecule has 5 nitrogen and oxygen atoms in total. The average molecular weight is 471 g/mol. The van der Waals surface area contributed by atoms with Crippen LogP contribution >= 0.6 is 34.3 Å². The maximum absolute atomic E-state index is 13.6. The number of carbonyl (C=O) groups is 1. The molecule has 160 valence electrons. The lowest BCUT2D eigenvalue weighted by atomic mass is 9.74. The number of fused-ring (bicyclic) bond motifs is 1. The number of nitrogens with zero attached hydrogens (tertiary/aromatic N) is 4. The summed E-state index contributed by atoms with van der Waals surface area (Å²) in [6.45, 7) is 4.91. The molecule has 1 fully saturated rings. The number of hydrazone groups is 1. The minimum atomic E-state index is -0.236. The van der Waals surface area contributed by atoms with Crippen molar-refractivity contribution in [3.63, 3.8) is 0 Å². The zero-order chi connectivity index (χ0) is 21.5. The Morgan fingerprint density at radius 3 is 2.77 bits per heavy atom. The molecular formula is C23H23ClN4OS2. The summed E-state index contributed by atoms with van der Waals surface area (Å²) in [5, 5.41) is 15.5. The molecule has 0 bridgehead atoms. The van der Waals surface area contributed by atoms with Gasteiger partial charge in [0.25, 0.3) is 5.91 Å². The van der Waals surface area contributed by atoms with Crippen molar-refractivity contribution >= 4 is 52.0 Å². The predicted molar refractivity (Wildman–Crippen MR) is 128 cm³/mol. The zero-order valence-electron chi connectivity index (χ0n) is 17.4. The molecule has 2 aliphatic rings. The van der Waals surface area contributed by atoms with Gasteiger partial charge >= 0.3 is 0 Å². The summed E-state index contributed by atoms with van der Waals surface area (Å²) in [4.78, 5) is 16.0. The van der Waals surface area contributed by atoms with Crippen molar-refractivity contribution in [2.45, 2.75) is 39.3 Å². The summed E-state index contributed by atoms with van der Waals surface area (Å²) in [5.41, 5.74) is 2.53. The van der Waals surface area contributed by atoms with Gasteiger partial charge in [0.2, 0.25) is 0 Å². The number of amides is 1. The first-order chi connectivity index (χ1) is 15.0. The molecule has 3 aromatic rings. The lowest BCUT2D eigenvalue weighted by molar-refractivity contribution is 0.0673. The Morgan fingerprint density at radius 1 is 1.29 bits per heavy atom. The smallest absolute Gasteiger partial charge is 0.271 e. The van der Waals surface area contributed by atoms with E-state index < -0.39 is 0 Å². The Labute approximate surface area is 194 Å². The molecule has 3 aromatic heterocycles. The van der Waals surface area contributed by atoms with Crippen LogP contribution in [0.2, 0.25) is 5.02 Å². The van der Waals surface area contributed by atoms with E-state index >= 15 is 0 Å². The molecule has 0 radical (unpaired) electrons. The molecule has 0 spiro atoms. The second-order valence-corrected chi connectivity index (χ2v) is 10.5. The van der Waals surface area contributed by atoms with Gasteiger partial charge in [-0.15, -0.1) is 22.7 Å². The molecule has 1 aliphatic carbocycles. The molecule has 1 saturated carbocycles. The summed E-state index contributed by atoms with van der Waals surface area (Å²) < 4.78 is 1.69. The molecule has 5 rings (SSSR count). The van der Waals surface area contributed by atoms with E-state index in [4.69, 9.17) is 16.7 Å². The largest absolute Gasteiger partial charge is 0.296 e. The highest BCUT2D eigenvalue weighted by atomic mass is 35.5. The molecule has 0 aromatic carbocycles. The van der Waals surface area contributed by atoms with Crippen molar-refractivity contribution in [1.29, 1.82) is 0 Å². The quantitative estimate of drug-likeness (QED) is 0.445. The maximum Gasteiger partial charge on any atom is 0.296 e. The van der Waals surface area contributed by atoms with Gasteiger partial charge in [0.05, 0.1) is 16.8 Å². The summed E-state index contributed by atoms with van der Waals surface area (Å²) in [6, 6.07) is 8.20. The van der Waals surface area contributed by atoms with Gasteiger partial charge in [-0.05, 0) is 60.2 Å². The number of allylic oxidation sites excluding steroid dienone is 1. The summed E-state index contributed by atoms with van der Waals surface area (Å²) in [5.74, 6) is 0.459. The van der Waals surface area contributed by atoms with Gasteiger partial charge in [0, 0.05) is 28.4 Å². The number of thiophene rings is 2. The van der Waals surface area contributed by atoms with Crippen LogP contribution < -0.4 is 0 Å². The predicted octanol–water partition coefficient (Wildman–Crippen LogP) is 6.36. The van der Waals surface area contributed by atoms with E-state index in [9.17, 15) is 4.79 Å². The third-order valence-corrected chi connectivity index (χ3v) is 7.95. The van der Waals surface area contributed by atoms with Gasteiger partial charge in [0.15, 0.2) is 5.69 Å². The lowest BCUT2D eigenvalue weighted by Crippen LogP contribution is -2.33. The van der Waals surface area contributed by atoms with Crippen LogP contribution in [0.4, 0.5) is 0 Å². The summed E-state index contributed by atoms with van der Waals surface area (Å²) >= 11 is 9.77. The first kappa shape index (κ1) is 20.7. The van der Waals surface area contributed by atoms with E-state index in [-0.39, 0.29) is 23.6 Å². The fourth-order valence-corrected chi connectivity index (χ4v) is 6.34. The number of aryl methyl sites for hydroxylation is 1. The Hall–Kier alpha value is -2.22. The fourth-order valence-electron chi connectivity index (χ4n) is 4.55. The highest BCUT2D eigenvalue weighted by molar-refractivity contribution is 7.11. The molecule has 0 saturated heterocycles. The van der Waals surface area contributed by atoms with Gasteiger partial charge in [-0.3, -0.25) is 9.48 Å². The van der Waals surface area contributed by atoms with Crippen LogP contribution in [-0.4, -0.2) is 26.4 Å². The normalized spacial score (nSPS) is 24.5. The molecule has 0 N–H and O–H groups in total. The Morgan fingerprint density at radius 2 is 2.10 bits per heavy atom. The molecule has 31 heavy (non-hydrogen) atoms. The highest BCUT2D eigenvalue weighted by Gasteiger charge is 2.46. The monoisotopic (exact) mass is 470 g/mol. The van der Waals surface area contributed by atoms with Crippen LogP contribution in [0.1, 0.15) is 53.0 Å².